The van der Waals surface area contributed by atoms with Crippen LogP contribution < -0.4 is 20.1 Å². The summed E-state index contributed by atoms with van der Waals surface area (Å²) in [6.45, 7) is 7.54. The molecule has 1 amide bonds. The number of hydrogen-bond acceptors (Lipinski definition) is 9. The highest BCUT2D eigenvalue weighted by atomic mass is 16.5. The molecule has 0 unspecified atom stereocenters. The summed E-state index contributed by atoms with van der Waals surface area (Å²) in [6, 6.07) is 28.3. The van der Waals surface area contributed by atoms with Crippen molar-refractivity contribution in [2.24, 2.45) is 0 Å². The summed E-state index contributed by atoms with van der Waals surface area (Å²) in [6.07, 6.45) is 2.54. The summed E-state index contributed by atoms with van der Waals surface area (Å²) < 4.78 is 11.6. The average molecular weight is 712 g/mol. The number of aliphatic hydroxyl groups excluding tert-OH is 1. The molecule has 2 aliphatic heterocycles. The Hall–Kier alpha value is -5.10. The number of carboxylic acid groups (broad SMARTS) is 1. The molecule has 0 spiro atoms. The zero-order valence-corrected chi connectivity index (χ0v) is 29.8. The quantitative estimate of drug-likeness (QED) is 0.0602. The minimum absolute atomic E-state index is 0.0984. The lowest BCUT2D eigenvalue weighted by atomic mass is 9.67. The fourth-order valence-corrected chi connectivity index (χ4v) is 7.08. The fourth-order valence-electron chi connectivity index (χ4n) is 7.08. The van der Waals surface area contributed by atoms with Crippen LogP contribution in [0.2, 0.25) is 0 Å². The number of likely N-dealkylation sites (tertiary alicyclic amines) is 1. The second-order valence-electron chi connectivity index (χ2n) is 13.5. The summed E-state index contributed by atoms with van der Waals surface area (Å²) in [7, 11) is 0. The maximum Gasteiger partial charge on any atom is 0.290 e. The molecule has 1 saturated heterocycles. The number of amides is 1. The summed E-state index contributed by atoms with van der Waals surface area (Å²) >= 11 is 0. The lowest BCUT2D eigenvalue weighted by Gasteiger charge is -2.44. The largest absolute Gasteiger partial charge is 0.508 e. The number of hydrogen-bond donors (Lipinski definition) is 6. The number of nitrogens with zero attached hydrogens (tertiary/aromatic N) is 1. The van der Waals surface area contributed by atoms with Crippen molar-refractivity contribution in [2.75, 3.05) is 44.7 Å². The molecule has 0 bridgehead atoms. The van der Waals surface area contributed by atoms with Crippen LogP contribution in [0.25, 0.3) is 0 Å². The number of phenols is 2. The van der Waals surface area contributed by atoms with Crippen molar-refractivity contribution in [3.8, 4) is 23.0 Å². The monoisotopic (exact) mass is 711 g/mol. The van der Waals surface area contributed by atoms with Crippen molar-refractivity contribution in [3.63, 3.8) is 0 Å². The Bertz CT molecular complexity index is 1770. The Kier molecular flexibility index (Phi) is 13.1. The lowest BCUT2D eigenvalue weighted by Crippen LogP contribution is -2.45. The van der Waals surface area contributed by atoms with Crippen LogP contribution in [-0.2, 0) is 27.8 Å². The van der Waals surface area contributed by atoms with E-state index in [0.29, 0.717) is 36.3 Å². The van der Waals surface area contributed by atoms with E-state index < -0.39 is 6.10 Å². The van der Waals surface area contributed by atoms with Gasteiger partial charge in [0.05, 0.1) is 12.7 Å². The molecule has 2 aliphatic rings. The molecule has 0 aromatic heterocycles. The molecule has 1 atom stereocenters. The van der Waals surface area contributed by atoms with E-state index in [1.807, 2.05) is 36.4 Å². The normalized spacial score (nSPS) is 15.7. The summed E-state index contributed by atoms with van der Waals surface area (Å²) in [5.41, 5.74) is 5.02. The number of benzene rings is 4. The van der Waals surface area contributed by atoms with Crippen molar-refractivity contribution in [1.82, 2.24) is 10.2 Å². The van der Waals surface area contributed by atoms with Crippen LogP contribution in [0.4, 0.5) is 5.69 Å². The number of carbonyl (C=O) groups is 2. The Morgan fingerprint density at radius 2 is 1.62 bits per heavy atom. The van der Waals surface area contributed by atoms with Crippen LogP contribution in [0.1, 0.15) is 60.6 Å². The van der Waals surface area contributed by atoms with Crippen molar-refractivity contribution < 1.29 is 39.5 Å². The Morgan fingerprint density at radius 3 is 2.31 bits per heavy atom. The topological polar surface area (TPSA) is 161 Å². The zero-order valence-electron chi connectivity index (χ0n) is 29.8. The first-order valence-electron chi connectivity index (χ1n) is 17.7. The Balaban J connectivity index is 0.00000168. The van der Waals surface area contributed by atoms with Gasteiger partial charge in [-0.2, -0.15) is 0 Å². The standard InChI is InChI=1S/C40H47N3O6.CH2O2/c1-27(2)43-21-18-40(19-22-43,30-6-4-3-5-7-30)33-24-29(10-14-34(33)44)17-23-48-31-11-8-28(9-12-31)16-20-41-25-36(46)32-13-15-35(45)38-39(32)49-26-37(47)42-38;2-1-3/h3-15,24,27,36,41,44-46H,16-23,25-26H2,1-2H3,(H,42,47);1H,(H,2,3)/t36-;/m0./s1. The van der Waals surface area contributed by atoms with E-state index in [0.717, 1.165) is 61.2 Å². The molecular formula is C41H49N3O8. The molecule has 6 N–H and O–H groups in total. The molecule has 52 heavy (non-hydrogen) atoms. The van der Waals surface area contributed by atoms with E-state index in [9.17, 15) is 20.1 Å². The molecule has 11 nitrogen and oxygen atoms in total. The fraction of sp³-hybridized carbons (Fsp3) is 0.366. The molecular weight excluding hydrogens is 662 g/mol. The highest BCUT2D eigenvalue weighted by Crippen LogP contribution is 2.46. The van der Waals surface area contributed by atoms with E-state index in [1.165, 1.54) is 11.6 Å². The first kappa shape index (κ1) is 38.1. The highest BCUT2D eigenvalue weighted by molar-refractivity contribution is 5.97. The third-order valence-electron chi connectivity index (χ3n) is 9.93. The van der Waals surface area contributed by atoms with Gasteiger partial charge in [0.15, 0.2) is 12.4 Å². The van der Waals surface area contributed by atoms with Gasteiger partial charge in [0.1, 0.15) is 22.9 Å². The molecule has 4 aromatic rings. The first-order valence-corrected chi connectivity index (χ1v) is 17.7. The Morgan fingerprint density at radius 1 is 0.942 bits per heavy atom. The van der Waals surface area contributed by atoms with Gasteiger partial charge in [0.25, 0.3) is 12.4 Å². The number of aromatic hydroxyl groups is 2. The number of rotatable bonds is 13. The number of anilines is 1. The maximum atomic E-state index is 11.6. The third kappa shape index (κ3) is 9.22. The molecule has 6 rings (SSSR count). The van der Waals surface area contributed by atoms with E-state index in [-0.39, 0.29) is 42.4 Å². The predicted molar refractivity (Wildman–Crippen MR) is 199 cm³/mol. The van der Waals surface area contributed by atoms with Crippen molar-refractivity contribution in [3.05, 3.63) is 113 Å². The maximum absolute atomic E-state index is 11.6. The van der Waals surface area contributed by atoms with Crippen LogP contribution in [0, 0.1) is 0 Å². The van der Waals surface area contributed by atoms with Gasteiger partial charge >= 0.3 is 0 Å². The molecule has 0 aliphatic carbocycles. The van der Waals surface area contributed by atoms with Crippen LogP contribution in [0.5, 0.6) is 23.0 Å². The third-order valence-corrected chi connectivity index (χ3v) is 9.93. The lowest BCUT2D eigenvalue weighted by molar-refractivity contribution is -0.123. The molecule has 4 aromatic carbocycles. The van der Waals surface area contributed by atoms with Gasteiger partial charge < -0.3 is 45.4 Å². The van der Waals surface area contributed by atoms with Crippen molar-refractivity contribution in [1.29, 1.82) is 0 Å². The van der Waals surface area contributed by atoms with Crippen LogP contribution in [-0.4, -0.2) is 83.1 Å². The minimum atomic E-state index is -0.869. The van der Waals surface area contributed by atoms with E-state index in [1.54, 1.807) is 6.07 Å². The molecule has 276 valence electrons. The second kappa shape index (κ2) is 17.9. The number of fused-ring (bicyclic) bond motifs is 1. The smallest absolute Gasteiger partial charge is 0.290 e. The number of nitrogens with one attached hydrogen (secondary N) is 2. The zero-order chi connectivity index (χ0) is 37.1. The number of carbonyl (C=O) groups excluding carboxylic acids is 1. The molecule has 11 heteroatoms. The molecule has 0 saturated carbocycles. The van der Waals surface area contributed by atoms with E-state index >= 15 is 0 Å². The van der Waals surface area contributed by atoms with Crippen LogP contribution >= 0.6 is 0 Å². The molecule has 0 radical (unpaired) electrons. The minimum Gasteiger partial charge on any atom is -0.508 e. The highest BCUT2D eigenvalue weighted by Gasteiger charge is 2.40. The predicted octanol–water partition coefficient (Wildman–Crippen LogP) is 5.41. The van der Waals surface area contributed by atoms with Gasteiger partial charge in [-0.05, 0) is 99.8 Å². The summed E-state index contributed by atoms with van der Waals surface area (Å²) in [5, 5.41) is 44.7. The summed E-state index contributed by atoms with van der Waals surface area (Å²) in [5.74, 6) is 1.01. The Labute approximate surface area is 304 Å². The van der Waals surface area contributed by atoms with Crippen LogP contribution in [0.15, 0.2) is 84.9 Å². The number of ether oxygens (including phenoxy) is 2. The average Bonchev–Trinajstić information content (AvgIpc) is 3.15. The van der Waals surface area contributed by atoms with Crippen molar-refractivity contribution in [2.45, 2.75) is 57.1 Å². The SMILES string of the molecule is CC(C)N1CCC(c2ccccc2)(c2cc(CCOc3ccc(CCNC[C@H](O)c4ccc(O)c5c4OCC(=O)N5)cc3)ccc2O)CC1.O=CO. The van der Waals surface area contributed by atoms with Gasteiger partial charge in [0.2, 0.25) is 0 Å². The summed E-state index contributed by atoms with van der Waals surface area (Å²) in [4.78, 5) is 22.5. The van der Waals surface area contributed by atoms with Crippen LogP contribution in [0.3, 0.4) is 0 Å². The molecule has 1 fully saturated rings. The molecule has 2 heterocycles. The number of phenolic OH excluding ortho intramolecular Hbond substituents is 2. The first-order chi connectivity index (χ1) is 25.1. The van der Waals surface area contributed by atoms with E-state index in [4.69, 9.17) is 19.4 Å². The van der Waals surface area contributed by atoms with Gasteiger partial charge in [0, 0.05) is 35.5 Å². The van der Waals surface area contributed by atoms with Gasteiger partial charge in [-0.1, -0.05) is 54.6 Å². The van der Waals surface area contributed by atoms with Gasteiger partial charge in [-0.25, -0.2) is 0 Å². The number of piperidine rings is 1. The number of aliphatic hydroxyl groups is 1. The van der Waals surface area contributed by atoms with Crippen molar-refractivity contribution >= 4 is 18.1 Å². The van der Waals surface area contributed by atoms with Gasteiger partial charge in [-0.3, -0.25) is 9.59 Å². The second-order valence-corrected chi connectivity index (χ2v) is 13.5. The van der Waals surface area contributed by atoms with E-state index in [2.05, 4.69) is 65.8 Å². The van der Waals surface area contributed by atoms with Gasteiger partial charge in [-0.15, -0.1) is 0 Å².